The molecule has 2 rings (SSSR count). The van der Waals surface area contributed by atoms with Crippen molar-refractivity contribution in [3.05, 3.63) is 17.8 Å². The molecule has 6 heteroatoms. The van der Waals surface area contributed by atoms with E-state index in [0.717, 1.165) is 37.5 Å². The smallest absolute Gasteiger partial charge is 0.161 e. The van der Waals surface area contributed by atoms with Crippen molar-refractivity contribution in [1.29, 1.82) is 0 Å². The number of nitrogens with zero attached hydrogens (tertiary/aromatic N) is 3. The first-order chi connectivity index (χ1) is 8.22. The molecule has 0 radical (unpaired) electrons. The standard InChI is InChI=1S/C11H16N4OS/c1-16-7-8-3-5-15(6-8)11-9(10(12)17)2-4-13-14-11/h2,4,8H,3,5-7H2,1H3,(H2,12,17). The Hall–Kier alpha value is -1.27. The summed E-state index contributed by atoms with van der Waals surface area (Å²) in [5.74, 6) is 1.33. The zero-order chi connectivity index (χ0) is 12.3. The van der Waals surface area contributed by atoms with E-state index >= 15 is 0 Å². The van der Waals surface area contributed by atoms with Gasteiger partial charge >= 0.3 is 0 Å². The van der Waals surface area contributed by atoms with Gasteiger partial charge in [-0.15, -0.1) is 5.10 Å². The Balaban J connectivity index is 2.16. The highest BCUT2D eigenvalue weighted by Crippen LogP contribution is 2.24. The van der Waals surface area contributed by atoms with Gasteiger partial charge in [-0.3, -0.25) is 0 Å². The third-order valence-electron chi connectivity index (χ3n) is 2.95. The average Bonchev–Trinajstić information content (AvgIpc) is 2.78. The number of rotatable bonds is 4. The lowest BCUT2D eigenvalue weighted by Crippen LogP contribution is -2.26. The van der Waals surface area contributed by atoms with E-state index in [2.05, 4.69) is 15.1 Å². The van der Waals surface area contributed by atoms with Crippen LogP contribution in [0, 0.1) is 5.92 Å². The fourth-order valence-corrected chi connectivity index (χ4v) is 2.31. The van der Waals surface area contributed by atoms with Crippen LogP contribution in [0.5, 0.6) is 0 Å². The van der Waals surface area contributed by atoms with Gasteiger partial charge in [-0.1, -0.05) is 12.2 Å². The van der Waals surface area contributed by atoms with E-state index in [0.29, 0.717) is 10.9 Å². The molecule has 1 fully saturated rings. The minimum atomic E-state index is 0.366. The minimum Gasteiger partial charge on any atom is -0.389 e. The molecule has 17 heavy (non-hydrogen) atoms. The summed E-state index contributed by atoms with van der Waals surface area (Å²) in [6.45, 7) is 2.64. The summed E-state index contributed by atoms with van der Waals surface area (Å²) >= 11 is 5.02. The van der Waals surface area contributed by atoms with Gasteiger partial charge in [0.25, 0.3) is 0 Å². The van der Waals surface area contributed by atoms with Crippen LogP contribution in [-0.2, 0) is 4.74 Å². The van der Waals surface area contributed by atoms with E-state index in [-0.39, 0.29) is 0 Å². The van der Waals surface area contributed by atoms with Gasteiger partial charge < -0.3 is 15.4 Å². The zero-order valence-electron chi connectivity index (χ0n) is 9.80. The normalized spacial score (nSPS) is 19.6. The van der Waals surface area contributed by atoms with Gasteiger partial charge in [-0.25, -0.2) is 0 Å². The van der Waals surface area contributed by atoms with E-state index < -0.39 is 0 Å². The van der Waals surface area contributed by atoms with Gasteiger partial charge in [0.2, 0.25) is 0 Å². The second kappa shape index (κ2) is 5.37. The maximum Gasteiger partial charge on any atom is 0.161 e. The molecule has 0 spiro atoms. The van der Waals surface area contributed by atoms with E-state index in [1.54, 1.807) is 13.3 Å². The molecule has 1 atom stereocenters. The summed E-state index contributed by atoms with van der Waals surface area (Å²) in [5, 5.41) is 8.05. The fourth-order valence-electron chi connectivity index (χ4n) is 2.15. The van der Waals surface area contributed by atoms with Crippen LogP contribution in [0.4, 0.5) is 5.82 Å². The zero-order valence-corrected chi connectivity index (χ0v) is 10.6. The largest absolute Gasteiger partial charge is 0.389 e. The molecule has 1 aromatic heterocycles. The first-order valence-electron chi connectivity index (χ1n) is 5.57. The first-order valence-corrected chi connectivity index (χ1v) is 5.98. The van der Waals surface area contributed by atoms with Crippen molar-refractivity contribution in [2.75, 3.05) is 31.7 Å². The second-order valence-corrected chi connectivity index (χ2v) is 4.63. The number of thiocarbonyl (C=S) groups is 1. The Labute approximate surface area is 106 Å². The van der Waals surface area contributed by atoms with Crippen molar-refractivity contribution < 1.29 is 4.74 Å². The molecule has 5 nitrogen and oxygen atoms in total. The van der Waals surface area contributed by atoms with Crippen LogP contribution in [0.15, 0.2) is 12.3 Å². The molecule has 1 unspecified atom stereocenters. The lowest BCUT2D eigenvalue weighted by molar-refractivity contribution is 0.161. The monoisotopic (exact) mass is 252 g/mol. The molecule has 1 aromatic rings. The molecule has 0 bridgehead atoms. The fraction of sp³-hybridized carbons (Fsp3) is 0.545. The highest BCUT2D eigenvalue weighted by Gasteiger charge is 2.25. The number of ether oxygens (including phenoxy) is 1. The number of anilines is 1. The number of aromatic nitrogens is 2. The molecule has 0 aliphatic carbocycles. The van der Waals surface area contributed by atoms with Crippen molar-refractivity contribution in [3.8, 4) is 0 Å². The number of nitrogens with two attached hydrogens (primary N) is 1. The molecule has 2 heterocycles. The molecule has 0 saturated carbocycles. The van der Waals surface area contributed by atoms with Crippen LogP contribution in [0.25, 0.3) is 0 Å². The Morgan fingerprint density at radius 2 is 2.53 bits per heavy atom. The van der Waals surface area contributed by atoms with Crippen LogP contribution in [0.3, 0.4) is 0 Å². The summed E-state index contributed by atoms with van der Waals surface area (Å²) < 4.78 is 5.17. The third kappa shape index (κ3) is 2.70. The van der Waals surface area contributed by atoms with Crippen LogP contribution < -0.4 is 10.6 Å². The molecular formula is C11H16N4OS. The quantitative estimate of drug-likeness (QED) is 0.791. The van der Waals surface area contributed by atoms with Gasteiger partial charge in [0.1, 0.15) is 4.99 Å². The van der Waals surface area contributed by atoms with Crippen molar-refractivity contribution in [1.82, 2.24) is 10.2 Å². The lowest BCUT2D eigenvalue weighted by atomic mass is 10.1. The SMILES string of the molecule is COCC1CCN(c2nnccc2C(N)=S)C1. The molecule has 0 aromatic carbocycles. The Kier molecular flexibility index (Phi) is 3.86. The Morgan fingerprint density at radius 3 is 3.24 bits per heavy atom. The Bertz CT molecular complexity index is 412. The highest BCUT2D eigenvalue weighted by molar-refractivity contribution is 7.80. The van der Waals surface area contributed by atoms with Crippen molar-refractivity contribution >= 4 is 23.0 Å². The van der Waals surface area contributed by atoms with E-state index in [4.69, 9.17) is 22.7 Å². The van der Waals surface area contributed by atoms with Gasteiger partial charge in [0.05, 0.1) is 18.4 Å². The van der Waals surface area contributed by atoms with Gasteiger partial charge in [0, 0.05) is 26.1 Å². The average molecular weight is 252 g/mol. The van der Waals surface area contributed by atoms with E-state index in [1.807, 2.05) is 6.07 Å². The van der Waals surface area contributed by atoms with E-state index in [9.17, 15) is 0 Å². The summed E-state index contributed by atoms with van der Waals surface area (Å²) in [6, 6.07) is 1.81. The summed E-state index contributed by atoms with van der Waals surface area (Å²) in [5.41, 5.74) is 6.49. The van der Waals surface area contributed by atoms with Crippen LogP contribution >= 0.6 is 12.2 Å². The summed E-state index contributed by atoms with van der Waals surface area (Å²) in [6.07, 6.45) is 2.71. The second-order valence-electron chi connectivity index (χ2n) is 4.19. The maximum atomic E-state index is 5.69. The molecule has 1 saturated heterocycles. The molecule has 92 valence electrons. The predicted octanol–water partition coefficient (Wildman–Crippen LogP) is 0.584. The predicted molar refractivity (Wildman–Crippen MR) is 70.1 cm³/mol. The van der Waals surface area contributed by atoms with Gasteiger partial charge in [-0.05, 0) is 12.5 Å². The van der Waals surface area contributed by atoms with Crippen molar-refractivity contribution in [2.24, 2.45) is 11.7 Å². The minimum absolute atomic E-state index is 0.366. The number of hydrogen-bond donors (Lipinski definition) is 1. The third-order valence-corrected chi connectivity index (χ3v) is 3.17. The maximum absolute atomic E-state index is 5.69. The van der Waals surface area contributed by atoms with Crippen LogP contribution in [0.1, 0.15) is 12.0 Å². The number of methoxy groups -OCH3 is 1. The highest BCUT2D eigenvalue weighted by atomic mass is 32.1. The van der Waals surface area contributed by atoms with Crippen molar-refractivity contribution in [3.63, 3.8) is 0 Å². The topological polar surface area (TPSA) is 64.3 Å². The van der Waals surface area contributed by atoms with Crippen molar-refractivity contribution in [2.45, 2.75) is 6.42 Å². The van der Waals surface area contributed by atoms with Crippen LogP contribution in [0.2, 0.25) is 0 Å². The molecule has 0 amide bonds. The molecular weight excluding hydrogens is 236 g/mol. The summed E-state index contributed by atoms with van der Waals surface area (Å²) in [4.78, 5) is 2.54. The molecule has 1 aliphatic rings. The summed E-state index contributed by atoms with van der Waals surface area (Å²) in [7, 11) is 1.73. The first kappa shape index (κ1) is 12.2. The molecule has 1 aliphatic heterocycles. The Morgan fingerprint density at radius 1 is 1.71 bits per heavy atom. The molecule has 2 N–H and O–H groups in total. The lowest BCUT2D eigenvalue weighted by Gasteiger charge is -2.19. The van der Waals surface area contributed by atoms with Gasteiger partial charge in [-0.2, -0.15) is 5.10 Å². The van der Waals surface area contributed by atoms with Gasteiger partial charge in [0.15, 0.2) is 5.82 Å². The van der Waals surface area contributed by atoms with E-state index in [1.165, 1.54) is 0 Å². The number of hydrogen-bond acceptors (Lipinski definition) is 5. The van der Waals surface area contributed by atoms with Crippen LogP contribution in [-0.4, -0.2) is 42.0 Å².